The van der Waals surface area contributed by atoms with E-state index in [0.717, 1.165) is 0 Å². The fourth-order valence-electron chi connectivity index (χ4n) is 1.98. The lowest BCUT2D eigenvalue weighted by molar-refractivity contribution is -0.126. The standard InChI is InChI=1S/C17H14Cl2IN3O4/c1-27-13-6-9(5-11(20)17(13)26)8-21-23-15(25)7-14(24)22-12-4-2-3-10(18)16(12)19/h2-6,8,26H,7H2,1H3,(H,22,24)(H,23,25). The van der Waals surface area contributed by atoms with Gasteiger partial charge >= 0.3 is 0 Å². The molecule has 10 heteroatoms. The molecular formula is C17H14Cl2IN3O4. The molecule has 0 radical (unpaired) electrons. The van der Waals surface area contributed by atoms with Crippen LogP contribution in [0.3, 0.4) is 0 Å². The number of methoxy groups -OCH3 is 1. The van der Waals surface area contributed by atoms with E-state index in [1.54, 1.807) is 30.3 Å². The van der Waals surface area contributed by atoms with E-state index < -0.39 is 18.2 Å². The molecule has 27 heavy (non-hydrogen) atoms. The van der Waals surface area contributed by atoms with E-state index in [1.165, 1.54) is 13.3 Å². The van der Waals surface area contributed by atoms with Gasteiger partial charge in [-0.05, 0) is 52.4 Å². The average molecular weight is 522 g/mol. The van der Waals surface area contributed by atoms with Crippen molar-refractivity contribution in [2.24, 2.45) is 5.10 Å². The number of nitrogens with zero attached hydrogens (tertiary/aromatic N) is 1. The maximum atomic E-state index is 11.9. The summed E-state index contributed by atoms with van der Waals surface area (Å²) in [5, 5.41) is 16.6. The topological polar surface area (TPSA) is 100 Å². The quantitative estimate of drug-likeness (QED) is 0.233. The van der Waals surface area contributed by atoms with E-state index >= 15 is 0 Å². The predicted molar refractivity (Wildman–Crippen MR) is 113 cm³/mol. The zero-order chi connectivity index (χ0) is 20.0. The number of carbonyl (C=O) groups is 2. The number of ether oxygens (including phenoxy) is 1. The first-order valence-corrected chi connectivity index (χ1v) is 9.27. The number of phenols is 1. The number of anilines is 1. The summed E-state index contributed by atoms with van der Waals surface area (Å²) in [4.78, 5) is 23.7. The lowest BCUT2D eigenvalue weighted by atomic mass is 10.2. The summed E-state index contributed by atoms with van der Waals surface area (Å²) in [6.45, 7) is 0. The second-order valence-corrected chi connectivity index (χ2v) is 7.12. The lowest BCUT2D eigenvalue weighted by Crippen LogP contribution is -2.24. The van der Waals surface area contributed by atoms with Crippen LogP contribution in [0.2, 0.25) is 10.0 Å². The van der Waals surface area contributed by atoms with Crippen molar-refractivity contribution < 1.29 is 19.4 Å². The van der Waals surface area contributed by atoms with Gasteiger partial charge in [0.05, 0.1) is 32.6 Å². The Bertz CT molecular complexity index is 906. The maximum absolute atomic E-state index is 11.9. The third kappa shape index (κ3) is 5.98. The number of hydrogen-bond donors (Lipinski definition) is 3. The Labute approximate surface area is 178 Å². The van der Waals surface area contributed by atoms with Crippen LogP contribution in [-0.2, 0) is 9.59 Å². The van der Waals surface area contributed by atoms with E-state index in [2.05, 4.69) is 15.8 Å². The van der Waals surface area contributed by atoms with E-state index in [9.17, 15) is 14.7 Å². The molecule has 0 spiro atoms. The van der Waals surface area contributed by atoms with Gasteiger partial charge in [-0.1, -0.05) is 29.3 Å². The van der Waals surface area contributed by atoms with Gasteiger partial charge in [0.15, 0.2) is 11.5 Å². The minimum absolute atomic E-state index is 0.0237. The molecule has 2 rings (SSSR count). The Balaban J connectivity index is 1.92. The fourth-order valence-corrected chi connectivity index (χ4v) is 2.96. The first-order chi connectivity index (χ1) is 12.8. The van der Waals surface area contributed by atoms with Gasteiger partial charge in [0.25, 0.3) is 0 Å². The number of hydrogen-bond acceptors (Lipinski definition) is 5. The zero-order valence-corrected chi connectivity index (χ0v) is 17.6. The second kappa shape index (κ2) is 9.77. The van der Waals surface area contributed by atoms with Crippen LogP contribution in [0.15, 0.2) is 35.4 Å². The molecule has 0 fully saturated rings. The number of halogens is 3. The van der Waals surface area contributed by atoms with Crippen LogP contribution >= 0.6 is 45.8 Å². The summed E-state index contributed by atoms with van der Waals surface area (Å²) in [7, 11) is 1.43. The van der Waals surface area contributed by atoms with Gasteiger partial charge < -0.3 is 15.2 Å². The molecule has 3 N–H and O–H groups in total. The van der Waals surface area contributed by atoms with Crippen molar-refractivity contribution in [2.45, 2.75) is 6.42 Å². The molecule has 0 bridgehead atoms. The van der Waals surface area contributed by atoms with Crippen molar-refractivity contribution in [3.8, 4) is 11.5 Å². The molecule has 7 nitrogen and oxygen atoms in total. The van der Waals surface area contributed by atoms with Crippen LogP contribution in [0.4, 0.5) is 5.69 Å². The molecule has 2 amide bonds. The van der Waals surface area contributed by atoms with Crippen LogP contribution in [0.25, 0.3) is 0 Å². The molecule has 0 atom stereocenters. The molecule has 0 unspecified atom stereocenters. The second-order valence-electron chi connectivity index (χ2n) is 5.17. The minimum atomic E-state index is -0.609. The number of hydrazone groups is 1. The van der Waals surface area contributed by atoms with Crippen molar-refractivity contribution in [1.29, 1.82) is 0 Å². The number of amides is 2. The third-order valence-electron chi connectivity index (χ3n) is 3.22. The Morgan fingerprint density at radius 3 is 2.74 bits per heavy atom. The molecule has 2 aromatic carbocycles. The average Bonchev–Trinajstić information content (AvgIpc) is 2.61. The predicted octanol–water partition coefficient (Wildman–Crippen LogP) is 3.79. The van der Waals surface area contributed by atoms with Crippen molar-refractivity contribution in [3.63, 3.8) is 0 Å². The SMILES string of the molecule is COc1cc(C=NNC(=O)CC(=O)Nc2cccc(Cl)c2Cl)cc(I)c1O. The molecule has 0 aliphatic rings. The molecule has 0 aliphatic heterocycles. The lowest BCUT2D eigenvalue weighted by Gasteiger charge is -2.07. The van der Waals surface area contributed by atoms with Gasteiger partial charge in [-0.25, -0.2) is 5.43 Å². The Morgan fingerprint density at radius 2 is 2.04 bits per heavy atom. The fraction of sp³-hybridized carbons (Fsp3) is 0.118. The van der Waals surface area contributed by atoms with E-state index in [4.69, 9.17) is 27.9 Å². The number of nitrogens with one attached hydrogen (secondary N) is 2. The monoisotopic (exact) mass is 521 g/mol. The summed E-state index contributed by atoms with van der Waals surface area (Å²) >= 11 is 13.8. The first kappa shape index (κ1) is 21.3. The molecule has 0 saturated carbocycles. The van der Waals surface area contributed by atoms with Gasteiger partial charge in [-0.2, -0.15) is 5.10 Å². The Kier molecular flexibility index (Phi) is 7.69. The molecule has 0 saturated heterocycles. The Morgan fingerprint density at radius 1 is 1.30 bits per heavy atom. The van der Waals surface area contributed by atoms with Crippen LogP contribution in [0.5, 0.6) is 11.5 Å². The number of carbonyl (C=O) groups excluding carboxylic acids is 2. The highest BCUT2D eigenvalue weighted by molar-refractivity contribution is 14.1. The highest BCUT2D eigenvalue weighted by atomic mass is 127. The largest absolute Gasteiger partial charge is 0.504 e. The van der Waals surface area contributed by atoms with Gasteiger partial charge in [0.2, 0.25) is 11.8 Å². The summed E-state index contributed by atoms with van der Waals surface area (Å²) < 4.78 is 5.61. The first-order valence-electron chi connectivity index (χ1n) is 7.44. The van der Waals surface area contributed by atoms with Crippen molar-refractivity contribution >= 4 is 69.5 Å². The third-order valence-corrected chi connectivity index (χ3v) is 4.86. The van der Waals surface area contributed by atoms with Crippen LogP contribution in [-0.4, -0.2) is 30.2 Å². The normalized spacial score (nSPS) is 10.7. The number of aromatic hydroxyl groups is 1. The molecule has 0 aliphatic carbocycles. The van der Waals surface area contributed by atoms with Crippen LogP contribution < -0.4 is 15.5 Å². The molecule has 2 aromatic rings. The summed E-state index contributed by atoms with van der Waals surface area (Å²) in [6.07, 6.45) is 0.921. The van der Waals surface area contributed by atoms with Gasteiger partial charge in [0.1, 0.15) is 6.42 Å². The number of benzene rings is 2. The van der Waals surface area contributed by atoms with Crippen molar-refractivity contribution in [1.82, 2.24) is 5.43 Å². The van der Waals surface area contributed by atoms with Gasteiger partial charge in [-0.15, -0.1) is 0 Å². The summed E-state index contributed by atoms with van der Waals surface area (Å²) in [6, 6.07) is 7.99. The summed E-state index contributed by atoms with van der Waals surface area (Å²) in [5.74, 6) is -0.863. The molecule has 142 valence electrons. The molecule has 0 heterocycles. The highest BCUT2D eigenvalue weighted by Gasteiger charge is 2.12. The summed E-state index contributed by atoms with van der Waals surface area (Å²) in [5.41, 5.74) is 3.17. The number of rotatable bonds is 6. The van der Waals surface area contributed by atoms with Crippen LogP contribution in [0, 0.1) is 3.57 Å². The zero-order valence-electron chi connectivity index (χ0n) is 13.9. The van der Waals surface area contributed by atoms with Gasteiger partial charge in [0, 0.05) is 0 Å². The Hall–Kier alpha value is -2.04. The van der Waals surface area contributed by atoms with Gasteiger partial charge in [-0.3, -0.25) is 9.59 Å². The number of phenolic OH excluding ortho intramolecular Hbond substituents is 1. The molecule has 0 aromatic heterocycles. The smallest absolute Gasteiger partial charge is 0.249 e. The maximum Gasteiger partial charge on any atom is 0.249 e. The van der Waals surface area contributed by atoms with Crippen LogP contribution in [0.1, 0.15) is 12.0 Å². The van der Waals surface area contributed by atoms with Crippen molar-refractivity contribution in [2.75, 3.05) is 12.4 Å². The highest BCUT2D eigenvalue weighted by Crippen LogP contribution is 2.32. The molecular weight excluding hydrogens is 508 g/mol. The van der Waals surface area contributed by atoms with Crippen molar-refractivity contribution in [3.05, 3.63) is 49.5 Å². The van der Waals surface area contributed by atoms with E-state index in [0.29, 0.717) is 19.8 Å². The van der Waals surface area contributed by atoms with E-state index in [1.807, 2.05) is 22.6 Å². The van der Waals surface area contributed by atoms with E-state index in [-0.39, 0.29) is 16.5 Å². The minimum Gasteiger partial charge on any atom is -0.504 e.